The van der Waals surface area contributed by atoms with E-state index >= 15 is 0 Å². The summed E-state index contributed by atoms with van der Waals surface area (Å²) in [4.78, 5) is 21.4. The van der Waals surface area contributed by atoms with Gasteiger partial charge in [0.25, 0.3) is 0 Å². The minimum Gasteiger partial charge on any atom is -0.494 e. The number of nitrogens with two attached hydrogens (primary N) is 1. The van der Waals surface area contributed by atoms with Gasteiger partial charge >= 0.3 is 5.97 Å². The number of benzene rings is 1. The van der Waals surface area contributed by atoms with Crippen LogP contribution >= 0.6 is 0 Å². The van der Waals surface area contributed by atoms with Crippen molar-refractivity contribution in [1.29, 1.82) is 0 Å². The van der Waals surface area contributed by atoms with Crippen molar-refractivity contribution in [3.05, 3.63) is 54.8 Å². The molecule has 1 aliphatic rings. The van der Waals surface area contributed by atoms with Crippen molar-refractivity contribution >= 4 is 17.9 Å². The maximum absolute atomic E-state index is 12.7. The smallest absolute Gasteiger partial charge is 0.310 e. The highest BCUT2D eigenvalue weighted by atomic mass is 19.1. The van der Waals surface area contributed by atoms with E-state index in [2.05, 4.69) is 20.2 Å². The minimum atomic E-state index is -0.460. The molecular weight excluding hydrogens is 509 g/mol. The molecule has 1 aromatic carbocycles. The quantitative estimate of drug-likeness (QED) is 0.341. The molecule has 12 nitrogen and oxygen atoms in total. The fourth-order valence-corrected chi connectivity index (χ4v) is 4.21. The highest BCUT2D eigenvalue weighted by Gasteiger charge is 2.28. The second-order valence-corrected chi connectivity index (χ2v) is 8.44. The van der Waals surface area contributed by atoms with Crippen LogP contribution in [0.3, 0.4) is 0 Å². The molecule has 0 radical (unpaired) electrons. The third-order valence-electron chi connectivity index (χ3n) is 5.99. The van der Waals surface area contributed by atoms with E-state index < -0.39 is 5.82 Å². The number of anilines is 2. The monoisotopic (exact) mass is 541 g/mol. The van der Waals surface area contributed by atoms with Crippen molar-refractivity contribution < 1.29 is 29.2 Å². The normalized spacial score (nSPS) is 14.8. The summed E-state index contributed by atoms with van der Waals surface area (Å²) in [7, 11) is 3.15. The summed E-state index contributed by atoms with van der Waals surface area (Å²) in [6.07, 6.45) is 5.53. The maximum Gasteiger partial charge on any atom is 0.310 e. The van der Waals surface area contributed by atoms with E-state index in [1.165, 1.54) is 0 Å². The molecule has 2 N–H and O–H groups in total. The van der Waals surface area contributed by atoms with Crippen molar-refractivity contribution in [3.8, 4) is 28.8 Å². The molecule has 0 saturated carbocycles. The first kappa shape index (κ1) is 27.4. The largest absolute Gasteiger partial charge is 0.494 e. The Labute approximate surface area is 226 Å². The molecule has 0 aliphatic carbocycles. The average Bonchev–Trinajstić information content (AvgIpc) is 3.63. The van der Waals surface area contributed by atoms with Gasteiger partial charge in [0.2, 0.25) is 17.7 Å². The van der Waals surface area contributed by atoms with Crippen LogP contribution in [0.4, 0.5) is 16.3 Å². The zero-order chi connectivity index (χ0) is 27.8. The van der Waals surface area contributed by atoms with Crippen LogP contribution in [0.5, 0.6) is 11.5 Å². The molecule has 1 atom stereocenters. The number of hydrogen-bond donors (Lipinski definition) is 1. The molecule has 1 saturated heterocycles. The van der Waals surface area contributed by atoms with Crippen LogP contribution < -0.4 is 20.1 Å². The van der Waals surface area contributed by atoms with Gasteiger partial charge in [-0.25, -0.2) is 14.4 Å². The number of piperidine rings is 1. The number of carbonyl (C=O) groups excluding carboxylic acids is 1. The Hall–Kier alpha value is -4.68. The first-order valence-corrected chi connectivity index (χ1v) is 12.3. The first-order chi connectivity index (χ1) is 19.0. The molecule has 0 spiro atoms. The number of esters is 1. The van der Waals surface area contributed by atoms with Crippen LogP contribution in [0, 0.1) is 11.7 Å². The molecule has 3 aromatic heterocycles. The molecule has 1 fully saturated rings. The lowest BCUT2D eigenvalue weighted by molar-refractivity contribution is -0.148. The number of nitrogens with zero attached hydrogens (tertiary/aromatic N) is 6. The predicted octanol–water partition coefficient (Wildman–Crippen LogP) is 3.77. The van der Waals surface area contributed by atoms with Gasteiger partial charge in [0, 0.05) is 14.5 Å². The third kappa shape index (κ3) is 6.25. The SMILES string of the molecule is CCOC(=O)[C@@H]1CCCN(c2ncc(F)cn2)C1.COc1cccc(OC)c1-n1c(N)nnc1-c1ccco1.[HH]. The topological polar surface area (TPSA) is 144 Å². The summed E-state index contributed by atoms with van der Waals surface area (Å²) in [6, 6.07) is 8.99. The first-order valence-electron chi connectivity index (χ1n) is 12.3. The summed E-state index contributed by atoms with van der Waals surface area (Å²) in [6.45, 7) is 3.50. The Morgan fingerprint density at radius 2 is 1.87 bits per heavy atom. The fourth-order valence-electron chi connectivity index (χ4n) is 4.21. The van der Waals surface area contributed by atoms with Crippen molar-refractivity contribution in [2.45, 2.75) is 19.8 Å². The number of halogens is 1. The van der Waals surface area contributed by atoms with Gasteiger partial charge in [-0.1, -0.05) is 6.07 Å². The van der Waals surface area contributed by atoms with Crippen LogP contribution in [-0.4, -0.2) is 64.6 Å². The number of nitrogen functional groups attached to an aromatic ring is 1. The van der Waals surface area contributed by atoms with E-state index in [4.69, 9.17) is 24.4 Å². The molecule has 0 bridgehead atoms. The van der Waals surface area contributed by atoms with Crippen molar-refractivity contribution in [3.63, 3.8) is 0 Å². The second kappa shape index (κ2) is 12.7. The third-order valence-corrected chi connectivity index (χ3v) is 5.99. The van der Waals surface area contributed by atoms with Crippen LogP contribution in [0.25, 0.3) is 17.3 Å². The minimum absolute atomic E-state index is 0. The number of hydrogen-bond acceptors (Lipinski definition) is 11. The van der Waals surface area contributed by atoms with Gasteiger partial charge in [0.15, 0.2) is 11.6 Å². The number of furan rings is 1. The van der Waals surface area contributed by atoms with Crippen molar-refractivity contribution in [2.24, 2.45) is 5.92 Å². The molecule has 1 aliphatic heterocycles. The molecule has 4 heterocycles. The Morgan fingerprint density at radius 3 is 2.49 bits per heavy atom. The van der Waals surface area contributed by atoms with Crippen LogP contribution in [0.2, 0.25) is 0 Å². The zero-order valence-corrected chi connectivity index (χ0v) is 21.9. The Bertz CT molecular complexity index is 1350. The molecular formula is C26H32FN7O5. The molecule has 0 unspecified atom stereocenters. The van der Waals surface area contributed by atoms with E-state index in [0.29, 0.717) is 47.9 Å². The number of ether oxygens (including phenoxy) is 3. The summed E-state index contributed by atoms with van der Waals surface area (Å²) in [5.74, 6) is 2.10. The van der Waals surface area contributed by atoms with Crippen molar-refractivity contribution in [2.75, 3.05) is 44.5 Å². The summed E-state index contributed by atoms with van der Waals surface area (Å²) in [5, 5.41) is 7.99. The molecule has 5 rings (SSSR count). The number of para-hydroxylation sites is 1. The van der Waals surface area contributed by atoms with Gasteiger partial charge in [0.05, 0.1) is 45.4 Å². The van der Waals surface area contributed by atoms with E-state index in [-0.39, 0.29) is 19.3 Å². The lowest BCUT2D eigenvalue weighted by Crippen LogP contribution is -2.40. The van der Waals surface area contributed by atoms with E-state index in [1.54, 1.807) is 44.1 Å². The number of methoxy groups -OCH3 is 2. The Kier molecular flexibility index (Phi) is 8.92. The van der Waals surface area contributed by atoms with Crippen LogP contribution in [0.1, 0.15) is 21.2 Å². The average molecular weight is 542 g/mol. The Morgan fingerprint density at radius 1 is 1.15 bits per heavy atom. The number of aromatic nitrogens is 5. The number of carbonyl (C=O) groups is 1. The molecule has 208 valence electrons. The van der Waals surface area contributed by atoms with Gasteiger partial charge in [-0.3, -0.25) is 9.36 Å². The zero-order valence-electron chi connectivity index (χ0n) is 21.9. The molecule has 4 aromatic rings. The van der Waals surface area contributed by atoms with E-state index in [9.17, 15) is 9.18 Å². The van der Waals surface area contributed by atoms with E-state index in [1.807, 2.05) is 23.1 Å². The lowest BCUT2D eigenvalue weighted by atomic mass is 9.98. The highest BCUT2D eigenvalue weighted by Crippen LogP contribution is 2.36. The predicted molar refractivity (Wildman–Crippen MR) is 142 cm³/mol. The van der Waals surface area contributed by atoms with Crippen molar-refractivity contribution in [1.82, 2.24) is 24.7 Å². The van der Waals surface area contributed by atoms with Gasteiger partial charge in [-0.2, -0.15) is 0 Å². The molecule has 39 heavy (non-hydrogen) atoms. The fraction of sp³-hybridized carbons (Fsp3) is 0.346. The van der Waals surface area contributed by atoms with Gasteiger partial charge in [-0.05, 0) is 44.0 Å². The summed E-state index contributed by atoms with van der Waals surface area (Å²) >= 11 is 0. The van der Waals surface area contributed by atoms with Gasteiger partial charge in [0.1, 0.15) is 17.2 Å². The highest BCUT2D eigenvalue weighted by molar-refractivity contribution is 5.73. The van der Waals surface area contributed by atoms with Crippen LogP contribution in [-0.2, 0) is 9.53 Å². The summed E-state index contributed by atoms with van der Waals surface area (Å²) in [5.41, 5.74) is 6.58. The summed E-state index contributed by atoms with van der Waals surface area (Å²) < 4.78 is 35.6. The molecule has 0 amide bonds. The van der Waals surface area contributed by atoms with E-state index in [0.717, 1.165) is 31.8 Å². The number of rotatable bonds is 7. The lowest BCUT2D eigenvalue weighted by Gasteiger charge is -2.31. The van der Waals surface area contributed by atoms with Crippen LogP contribution in [0.15, 0.2) is 53.4 Å². The van der Waals surface area contributed by atoms with Gasteiger partial charge < -0.3 is 29.3 Å². The second-order valence-electron chi connectivity index (χ2n) is 8.44. The molecule has 13 heteroatoms. The Balaban J connectivity index is 0.000000218. The maximum atomic E-state index is 12.7. The standard InChI is InChI=1S/C14H14N4O3.C12H16FN3O2.H2/c1-19-9-5-3-6-10(20-2)12(9)18-13(16-17-14(18)15)11-7-4-8-21-11;1-2-18-11(17)9-4-3-5-16(8-9)12-14-6-10(13)7-15-12;/h3-8H,1-2H3,(H2,15,17);6-7,9H,2-5,8H2,1H3;1H/t;9-;/m.1./s1. The van der Waals surface area contributed by atoms with Gasteiger partial charge in [-0.15, -0.1) is 10.2 Å².